The second kappa shape index (κ2) is 8.07. The number of hydrogen-bond donors (Lipinski definition) is 1. The third-order valence-electron chi connectivity index (χ3n) is 9.13. The zero-order valence-electron chi connectivity index (χ0n) is 18.5. The molecule has 6 atom stereocenters. The Morgan fingerprint density at radius 1 is 0.900 bits per heavy atom. The van der Waals surface area contributed by atoms with Gasteiger partial charge in [-0.2, -0.15) is 0 Å². The van der Waals surface area contributed by atoms with E-state index in [1.54, 1.807) is 0 Å². The van der Waals surface area contributed by atoms with Crippen molar-refractivity contribution >= 4 is 11.8 Å². The molecule has 6 heteroatoms. The lowest BCUT2D eigenvalue weighted by molar-refractivity contribution is -0.146. The first kappa shape index (κ1) is 20.7. The van der Waals surface area contributed by atoms with Crippen LogP contribution < -0.4 is 5.32 Å². The molecule has 2 aliphatic heterocycles. The number of alkyl halides is 1. The molecule has 30 heavy (non-hydrogen) atoms. The summed E-state index contributed by atoms with van der Waals surface area (Å²) in [5.74, 6) is 1.66. The number of nitrogens with zero attached hydrogens (tertiary/aromatic N) is 2. The van der Waals surface area contributed by atoms with Crippen molar-refractivity contribution in [2.24, 2.45) is 29.1 Å². The van der Waals surface area contributed by atoms with Crippen LogP contribution in [0.15, 0.2) is 0 Å². The normalized spacial score (nSPS) is 40.7. The maximum atomic E-state index is 15.2. The van der Waals surface area contributed by atoms with Crippen LogP contribution in [0.5, 0.6) is 0 Å². The number of nitrogens with one attached hydrogen (secondary N) is 1. The molecule has 5 fully saturated rings. The van der Waals surface area contributed by atoms with Crippen LogP contribution in [0, 0.1) is 29.1 Å². The number of carbonyl (C=O) groups excluding carboxylic acids is 2. The van der Waals surface area contributed by atoms with Crippen LogP contribution in [-0.2, 0) is 9.59 Å². The van der Waals surface area contributed by atoms with E-state index >= 15 is 4.39 Å². The van der Waals surface area contributed by atoms with Gasteiger partial charge in [-0.25, -0.2) is 4.39 Å². The summed E-state index contributed by atoms with van der Waals surface area (Å²) in [6.45, 7) is 5.64. The molecule has 168 valence electrons. The van der Waals surface area contributed by atoms with Gasteiger partial charge >= 0.3 is 0 Å². The highest BCUT2D eigenvalue weighted by molar-refractivity contribution is 5.85. The van der Waals surface area contributed by atoms with Crippen LogP contribution in [0.2, 0.25) is 0 Å². The predicted molar refractivity (Wildman–Crippen MR) is 113 cm³/mol. The lowest BCUT2D eigenvalue weighted by atomic mass is 9.67. The highest BCUT2D eigenvalue weighted by Crippen LogP contribution is 2.47. The Balaban J connectivity index is 1.11. The number of fused-ring (bicyclic) bond motifs is 1. The largest absolute Gasteiger partial charge is 0.339 e. The van der Waals surface area contributed by atoms with E-state index in [-0.39, 0.29) is 29.1 Å². The summed E-state index contributed by atoms with van der Waals surface area (Å²) >= 11 is 0. The average Bonchev–Trinajstić information content (AvgIpc) is 3.34. The highest BCUT2D eigenvalue weighted by atomic mass is 19.1. The van der Waals surface area contributed by atoms with Gasteiger partial charge in [0.1, 0.15) is 6.17 Å². The lowest BCUT2D eigenvalue weighted by Crippen LogP contribution is -2.54. The molecule has 2 saturated heterocycles. The van der Waals surface area contributed by atoms with Crippen LogP contribution in [0.4, 0.5) is 4.39 Å². The fourth-order valence-electron chi connectivity index (χ4n) is 6.77. The maximum absolute atomic E-state index is 15.2. The molecule has 0 bridgehead atoms. The van der Waals surface area contributed by atoms with Gasteiger partial charge in [-0.15, -0.1) is 0 Å². The van der Waals surface area contributed by atoms with Gasteiger partial charge in [-0.1, -0.05) is 6.92 Å². The zero-order chi connectivity index (χ0) is 20.9. The molecule has 6 unspecified atom stereocenters. The molecule has 5 nitrogen and oxygen atoms in total. The van der Waals surface area contributed by atoms with Crippen molar-refractivity contribution in [2.45, 2.75) is 76.9 Å². The monoisotopic (exact) mass is 419 g/mol. The summed E-state index contributed by atoms with van der Waals surface area (Å²) in [5.41, 5.74) is -0.140. The second-order valence-corrected chi connectivity index (χ2v) is 11.1. The van der Waals surface area contributed by atoms with Gasteiger partial charge in [0.2, 0.25) is 11.8 Å². The molecule has 0 aromatic heterocycles. The molecule has 0 aromatic carbocycles. The Kier molecular flexibility index (Phi) is 5.57. The van der Waals surface area contributed by atoms with Crippen molar-refractivity contribution in [3.05, 3.63) is 0 Å². The van der Waals surface area contributed by atoms with Crippen molar-refractivity contribution in [3.8, 4) is 0 Å². The van der Waals surface area contributed by atoms with Crippen molar-refractivity contribution < 1.29 is 14.0 Å². The van der Waals surface area contributed by atoms with Gasteiger partial charge in [0.15, 0.2) is 0 Å². The summed E-state index contributed by atoms with van der Waals surface area (Å²) in [5, 5.41) is 3.63. The van der Waals surface area contributed by atoms with Crippen LogP contribution in [0.1, 0.15) is 64.7 Å². The van der Waals surface area contributed by atoms with Gasteiger partial charge in [-0.05, 0) is 82.1 Å². The summed E-state index contributed by atoms with van der Waals surface area (Å²) in [7, 11) is 0. The Bertz CT molecular complexity index is 673. The number of carbonyl (C=O) groups is 2. The second-order valence-electron chi connectivity index (χ2n) is 11.1. The molecule has 5 rings (SSSR count). The highest BCUT2D eigenvalue weighted by Gasteiger charge is 2.48. The fraction of sp³-hybridized carbons (Fsp3) is 0.917. The third kappa shape index (κ3) is 3.89. The number of amides is 2. The summed E-state index contributed by atoms with van der Waals surface area (Å²) < 4.78 is 15.2. The van der Waals surface area contributed by atoms with Crippen molar-refractivity contribution in [1.29, 1.82) is 0 Å². The molecule has 1 N–H and O–H groups in total. The Morgan fingerprint density at radius 2 is 1.60 bits per heavy atom. The zero-order valence-corrected chi connectivity index (χ0v) is 18.5. The van der Waals surface area contributed by atoms with Crippen molar-refractivity contribution in [3.63, 3.8) is 0 Å². The molecule has 0 radical (unpaired) electrons. The predicted octanol–water partition coefficient (Wildman–Crippen LogP) is 2.99. The minimum absolute atomic E-state index is 0.127. The minimum Gasteiger partial charge on any atom is -0.339 e. The molecule has 5 aliphatic rings. The molecule has 2 heterocycles. The topological polar surface area (TPSA) is 52.7 Å². The van der Waals surface area contributed by atoms with Gasteiger partial charge in [0.05, 0.1) is 0 Å². The Labute approximate surface area is 180 Å². The molecular formula is C24H38FN3O2. The Hall–Kier alpha value is -1.17. The molecular weight excluding hydrogens is 381 g/mol. The summed E-state index contributed by atoms with van der Waals surface area (Å²) in [6, 6.07) is 0.604. The van der Waals surface area contributed by atoms with E-state index in [9.17, 15) is 9.59 Å². The number of rotatable bonds is 3. The van der Waals surface area contributed by atoms with Crippen LogP contribution >= 0.6 is 0 Å². The van der Waals surface area contributed by atoms with Crippen LogP contribution in [0.25, 0.3) is 0 Å². The SMILES string of the molecule is CC1(C(=O)N2CCN(C(=O)C3CCC(C4CCC5CCNC5C4)C(F)C3)CC2)CC1. The smallest absolute Gasteiger partial charge is 0.228 e. The quantitative estimate of drug-likeness (QED) is 0.765. The standard InChI is InChI=1S/C24H38FN3O2/c1-24(7-8-24)23(30)28-12-10-27(11-13-28)22(29)18-4-5-19(20(25)14-18)17-3-2-16-6-9-26-21(16)15-17/h16-21,26H,2-15H2,1H3. The van der Waals surface area contributed by atoms with Crippen LogP contribution in [-0.4, -0.2) is 66.6 Å². The number of piperazine rings is 1. The molecule has 2 amide bonds. The first-order valence-corrected chi connectivity index (χ1v) is 12.4. The van der Waals surface area contributed by atoms with E-state index in [1.807, 2.05) is 16.7 Å². The van der Waals surface area contributed by atoms with Crippen molar-refractivity contribution in [1.82, 2.24) is 15.1 Å². The fourth-order valence-corrected chi connectivity index (χ4v) is 6.77. The van der Waals surface area contributed by atoms with E-state index in [0.717, 1.165) is 44.6 Å². The molecule has 3 saturated carbocycles. The number of halogens is 1. The first-order valence-electron chi connectivity index (χ1n) is 12.4. The van der Waals surface area contributed by atoms with E-state index < -0.39 is 6.17 Å². The molecule has 0 spiro atoms. The number of hydrogen-bond acceptors (Lipinski definition) is 3. The van der Waals surface area contributed by atoms with Gasteiger partial charge in [0, 0.05) is 43.6 Å². The molecule has 3 aliphatic carbocycles. The van der Waals surface area contributed by atoms with Gasteiger partial charge in [0.25, 0.3) is 0 Å². The first-order chi connectivity index (χ1) is 14.4. The lowest BCUT2D eigenvalue weighted by Gasteiger charge is -2.42. The third-order valence-corrected chi connectivity index (χ3v) is 9.13. The van der Waals surface area contributed by atoms with E-state index in [0.29, 0.717) is 44.6 Å². The minimum atomic E-state index is -0.840. The van der Waals surface area contributed by atoms with E-state index in [2.05, 4.69) is 5.32 Å². The van der Waals surface area contributed by atoms with E-state index in [1.165, 1.54) is 19.3 Å². The summed E-state index contributed by atoms with van der Waals surface area (Å²) in [6.07, 6.45) is 8.06. The van der Waals surface area contributed by atoms with Crippen molar-refractivity contribution in [2.75, 3.05) is 32.7 Å². The van der Waals surface area contributed by atoms with Gasteiger partial charge in [-0.3, -0.25) is 9.59 Å². The maximum Gasteiger partial charge on any atom is 0.228 e. The Morgan fingerprint density at radius 3 is 2.30 bits per heavy atom. The van der Waals surface area contributed by atoms with E-state index in [4.69, 9.17) is 0 Å². The van der Waals surface area contributed by atoms with Gasteiger partial charge < -0.3 is 15.1 Å². The molecule has 0 aromatic rings. The summed E-state index contributed by atoms with van der Waals surface area (Å²) in [4.78, 5) is 29.4. The average molecular weight is 420 g/mol. The van der Waals surface area contributed by atoms with Crippen LogP contribution in [0.3, 0.4) is 0 Å².